The maximum absolute atomic E-state index is 12.3. The van der Waals surface area contributed by atoms with Crippen molar-refractivity contribution in [3.63, 3.8) is 0 Å². The van der Waals surface area contributed by atoms with Crippen molar-refractivity contribution in [2.24, 2.45) is 5.92 Å². The number of allylic oxidation sites excluding steroid dienone is 3. The van der Waals surface area contributed by atoms with E-state index in [0.29, 0.717) is 12.0 Å². The summed E-state index contributed by atoms with van der Waals surface area (Å²) in [6.45, 7) is 9.13. The monoisotopic (exact) mass is 346 g/mol. The summed E-state index contributed by atoms with van der Waals surface area (Å²) in [5.41, 5.74) is 2.73. The second kappa shape index (κ2) is 8.30. The third-order valence-corrected chi connectivity index (χ3v) is 4.70. The lowest BCUT2D eigenvalue weighted by molar-refractivity contribution is -0.147. The molecule has 0 bridgehead atoms. The molecule has 1 aliphatic carbocycles. The smallest absolute Gasteiger partial charge is 0.336 e. The van der Waals surface area contributed by atoms with Gasteiger partial charge in [-0.15, -0.1) is 0 Å². The Morgan fingerprint density at radius 3 is 2.80 bits per heavy atom. The van der Waals surface area contributed by atoms with Crippen LogP contribution in [-0.4, -0.2) is 35.9 Å². The van der Waals surface area contributed by atoms with Crippen molar-refractivity contribution in [1.82, 2.24) is 0 Å². The first kappa shape index (κ1) is 19.2. The molecule has 5 nitrogen and oxygen atoms in total. The van der Waals surface area contributed by atoms with Crippen molar-refractivity contribution in [3.05, 3.63) is 47.1 Å². The van der Waals surface area contributed by atoms with Gasteiger partial charge in [0.05, 0.1) is 18.1 Å². The van der Waals surface area contributed by atoms with Crippen LogP contribution in [0.2, 0.25) is 0 Å². The van der Waals surface area contributed by atoms with E-state index in [1.165, 1.54) is 6.08 Å². The van der Waals surface area contributed by atoms with Gasteiger partial charge in [0.2, 0.25) is 0 Å². The summed E-state index contributed by atoms with van der Waals surface area (Å²) in [5.74, 6) is -1.45. The van der Waals surface area contributed by atoms with Crippen molar-refractivity contribution in [2.75, 3.05) is 6.61 Å². The average Bonchev–Trinajstić information content (AvgIpc) is 2.81. The second-order valence-corrected chi connectivity index (χ2v) is 6.64. The summed E-state index contributed by atoms with van der Waals surface area (Å²) in [6, 6.07) is 0. The molecule has 1 aliphatic heterocycles. The van der Waals surface area contributed by atoms with Gasteiger partial charge in [-0.05, 0) is 39.7 Å². The lowest BCUT2D eigenvalue weighted by Gasteiger charge is -2.27. The molecule has 2 rings (SSSR count). The maximum Gasteiger partial charge on any atom is 0.336 e. The predicted octanol–water partition coefficient (Wildman–Crippen LogP) is 3.01. The maximum atomic E-state index is 12.3. The Balaban J connectivity index is 2.37. The number of esters is 2. The summed E-state index contributed by atoms with van der Waals surface area (Å²) in [5, 5.41) is 9.29. The molecule has 1 N–H and O–H groups in total. The van der Waals surface area contributed by atoms with Crippen LogP contribution in [0.15, 0.2) is 47.1 Å². The van der Waals surface area contributed by atoms with Crippen LogP contribution in [0.4, 0.5) is 0 Å². The first-order chi connectivity index (χ1) is 11.9. The molecule has 2 aliphatic rings. The zero-order valence-corrected chi connectivity index (χ0v) is 15.1. The molecule has 1 fully saturated rings. The van der Waals surface area contributed by atoms with Crippen molar-refractivity contribution in [3.8, 4) is 0 Å². The highest BCUT2D eigenvalue weighted by molar-refractivity contribution is 5.92. The van der Waals surface area contributed by atoms with Gasteiger partial charge in [-0.2, -0.15) is 0 Å². The largest absolute Gasteiger partial charge is 0.458 e. The highest BCUT2D eigenvalue weighted by atomic mass is 16.6. The van der Waals surface area contributed by atoms with Crippen LogP contribution in [0.25, 0.3) is 0 Å². The lowest BCUT2D eigenvalue weighted by Crippen LogP contribution is -2.34. The van der Waals surface area contributed by atoms with Gasteiger partial charge in [-0.25, -0.2) is 9.59 Å². The fraction of sp³-hybridized carbons (Fsp3) is 0.500. The molecule has 0 aromatic rings. The Kier molecular flexibility index (Phi) is 6.37. The number of aliphatic hydroxyl groups is 1. The van der Waals surface area contributed by atoms with E-state index in [-0.39, 0.29) is 12.2 Å². The molecule has 5 heteroatoms. The Morgan fingerprint density at radius 2 is 2.16 bits per heavy atom. The summed E-state index contributed by atoms with van der Waals surface area (Å²) >= 11 is 0. The number of rotatable bonds is 3. The highest BCUT2D eigenvalue weighted by Gasteiger charge is 2.44. The molecule has 0 radical (unpaired) electrons. The van der Waals surface area contributed by atoms with E-state index in [0.717, 1.165) is 24.0 Å². The van der Waals surface area contributed by atoms with E-state index in [2.05, 4.69) is 12.7 Å². The van der Waals surface area contributed by atoms with Gasteiger partial charge < -0.3 is 14.6 Å². The molecule has 0 saturated carbocycles. The predicted molar refractivity (Wildman–Crippen MR) is 94.6 cm³/mol. The van der Waals surface area contributed by atoms with Gasteiger partial charge >= 0.3 is 11.9 Å². The normalized spacial score (nSPS) is 27.8. The highest BCUT2D eigenvalue weighted by Crippen LogP contribution is 2.36. The SMILES string of the molecule is C=C1C(=O)O[C@H]2C=C(C)CCC=C(C)CC(OC(=O)C(=CC)CO)[C@H]12. The molecule has 1 saturated heterocycles. The Labute approximate surface area is 148 Å². The molecule has 1 unspecified atom stereocenters. The molecule has 136 valence electrons. The van der Waals surface area contributed by atoms with Crippen LogP contribution >= 0.6 is 0 Å². The average molecular weight is 346 g/mol. The van der Waals surface area contributed by atoms with Gasteiger partial charge in [0, 0.05) is 12.0 Å². The van der Waals surface area contributed by atoms with Crippen molar-refractivity contribution < 1.29 is 24.2 Å². The van der Waals surface area contributed by atoms with E-state index in [9.17, 15) is 14.7 Å². The minimum absolute atomic E-state index is 0.192. The summed E-state index contributed by atoms with van der Waals surface area (Å²) in [4.78, 5) is 24.4. The van der Waals surface area contributed by atoms with E-state index >= 15 is 0 Å². The van der Waals surface area contributed by atoms with Crippen LogP contribution in [-0.2, 0) is 19.1 Å². The molecule has 25 heavy (non-hydrogen) atoms. The molecular weight excluding hydrogens is 320 g/mol. The van der Waals surface area contributed by atoms with Crippen molar-refractivity contribution in [2.45, 2.75) is 52.2 Å². The third-order valence-electron chi connectivity index (χ3n) is 4.70. The van der Waals surface area contributed by atoms with Gasteiger partial charge in [-0.3, -0.25) is 0 Å². The summed E-state index contributed by atoms with van der Waals surface area (Å²) in [7, 11) is 0. The van der Waals surface area contributed by atoms with Crippen LogP contribution in [0.5, 0.6) is 0 Å². The lowest BCUT2D eigenvalue weighted by atomic mass is 9.85. The molecule has 0 amide bonds. The number of ether oxygens (including phenoxy) is 2. The summed E-state index contributed by atoms with van der Waals surface area (Å²) < 4.78 is 11.1. The van der Waals surface area contributed by atoms with Gasteiger partial charge in [0.15, 0.2) is 0 Å². The first-order valence-electron chi connectivity index (χ1n) is 8.57. The Bertz CT molecular complexity index is 653. The summed E-state index contributed by atoms with van der Waals surface area (Å²) in [6.07, 6.45) is 6.80. The molecule has 1 heterocycles. The molecule has 0 aromatic heterocycles. The standard InChI is InChI=1S/C20H26O5/c1-5-15(11-21)20(23)25-17-10-13(3)8-6-7-12(2)9-16-18(17)14(4)19(22)24-16/h5,8-9,16-18,21H,4,6-7,10-11H2,1-3H3/t16-,17?,18+/m0/s1. The molecule has 3 atom stereocenters. The third kappa shape index (κ3) is 4.48. The number of carbonyl (C=O) groups excluding carboxylic acids is 2. The van der Waals surface area contributed by atoms with E-state index in [1.54, 1.807) is 6.92 Å². The van der Waals surface area contributed by atoms with E-state index in [4.69, 9.17) is 9.47 Å². The van der Waals surface area contributed by atoms with E-state index in [1.807, 2.05) is 19.9 Å². The molecule has 0 spiro atoms. The molecular formula is C20H26O5. The van der Waals surface area contributed by atoms with Gasteiger partial charge in [0.25, 0.3) is 0 Å². The Morgan fingerprint density at radius 1 is 1.44 bits per heavy atom. The van der Waals surface area contributed by atoms with Gasteiger partial charge in [-0.1, -0.05) is 29.9 Å². The quantitative estimate of drug-likeness (QED) is 0.483. The number of hydrogen-bond acceptors (Lipinski definition) is 5. The zero-order valence-electron chi connectivity index (χ0n) is 15.1. The van der Waals surface area contributed by atoms with Crippen LogP contribution in [0, 0.1) is 5.92 Å². The van der Waals surface area contributed by atoms with Crippen LogP contribution in [0.1, 0.15) is 40.0 Å². The van der Waals surface area contributed by atoms with E-state index < -0.39 is 30.1 Å². The number of carbonyl (C=O) groups is 2. The minimum Gasteiger partial charge on any atom is -0.458 e. The Hall–Kier alpha value is -2.14. The topological polar surface area (TPSA) is 72.8 Å². The number of fused-ring (bicyclic) bond motifs is 1. The van der Waals surface area contributed by atoms with Crippen LogP contribution < -0.4 is 0 Å². The fourth-order valence-electron chi connectivity index (χ4n) is 3.22. The number of hydrogen-bond donors (Lipinski definition) is 1. The zero-order chi connectivity index (χ0) is 18.6. The van der Waals surface area contributed by atoms with Gasteiger partial charge in [0.1, 0.15) is 12.2 Å². The van der Waals surface area contributed by atoms with Crippen LogP contribution in [0.3, 0.4) is 0 Å². The first-order valence-corrected chi connectivity index (χ1v) is 8.57. The minimum atomic E-state index is -0.577. The van der Waals surface area contributed by atoms with Crippen molar-refractivity contribution >= 4 is 11.9 Å². The van der Waals surface area contributed by atoms with Crippen molar-refractivity contribution in [1.29, 1.82) is 0 Å². The molecule has 0 aromatic carbocycles. The number of aliphatic hydroxyl groups excluding tert-OH is 1. The second-order valence-electron chi connectivity index (χ2n) is 6.64. The fourth-order valence-corrected chi connectivity index (χ4v) is 3.22.